The summed E-state index contributed by atoms with van der Waals surface area (Å²) in [7, 11) is 0. The molecule has 9 nitrogen and oxygen atoms in total. The van der Waals surface area contributed by atoms with E-state index < -0.39 is 17.2 Å². The number of carbonyl (C=O) groups is 2. The zero-order chi connectivity index (χ0) is 27.4. The summed E-state index contributed by atoms with van der Waals surface area (Å²) >= 11 is 13.7. The van der Waals surface area contributed by atoms with E-state index in [9.17, 15) is 19.5 Å². The van der Waals surface area contributed by atoms with Crippen molar-refractivity contribution in [2.45, 2.75) is 18.9 Å². The molecule has 0 radical (unpaired) electrons. The molecule has 202 valence electrons. The van der Waals surface area contributed by atoms with Gasteiger partial charge in [-0.2, -0.15) is 0 Å². The maximum Gasteiger partial charge on any atom is 0.341 e. The Hall–Kier alpha value is -3.25. The summed E-state index contributed by atoms with van der Waals surface area (Å²) < 4.78 is 17.7. The fourth-order valence-electron chi connectivity index (χ4n) is 4.92. The number of anilines is 2. The SMILES string of the molecule is O=C(CN1CCN(c2cc3c(cc2F)c(=O)c(C(=O)O)cn3C2CC2)CC1)Nc1nc2c(Cl)ccc(Cl)c2s1. The molecule has 13 heteroatoms. The largest absolute Gasteiger partial charge is 0.477 e. The van der Waals surface area contributed by atoms with Crippen LogP contribution >= 0.6 is 34.5 Å². The highest BCUT2D eigenvalue weighted by Gasteiger charge is 2.29. The molecule has 2 N–H and O–H groups in total. The van der Waals surface area contributed by atoms with Gasteiger partial charge in [0.1, 0.15) is 16.9 Å². The van der Waals surface area contributed by atoms with Crippen LogP contribution in [-0.4, -0.2) is 64.2 Å². The Morgan fingerprint density at radius 3 is 2.51 bits per heavy atom. The number of aromatic carboxylic acids is 1. The zero-order valence-electron chi connectivity index (χ0n) is 20.4. The van der Waals surface area contributed by atoms with Gasteiger partial charge in [-0.1, -0.05) is 34.5 Å². The number of nitrogens with zero attached hydrogens (tertiary/aromatic N) is 4. The molecule has 39 heavy (non-hydrogen) atoms. The summed E-state index contributed by atoms with van der Waals surface area (Å²) in [6, 6.07) is 6.23. The maximum absolute atomic E-state index is 15.2. The van der Waals surface area contributed by atoms with E-state index in [-0.39, 0.29) is 29.4 Å². The summed E-state index contributed by atoms with van der Waals surface area (Å²) in [5, 5.41) is 13.7. The third-order valence-electron chi connectivity index (χ3n) is 7.04. The molecule has 1 aliphatic heterocycles. The second-order valence-electron chi connectivity index (χ2n) is 9.67. The number of carboxylic acids is 1. The number of rotatable bonds is 6. The van der Waals surface area contributed by atoms with E-state index in [0.717, 1.165) is 18.9 Å². The van der Waals surface area contributed by atoms with Gasteiger partial charge in [0.25, 0.3) is 0 Å². The number of carboxylic acid groups (broad SMARTS) is 1. The maximum atomic E-state index is 15.2. The summed E-state index contributed by atoms with van der Waals surface area (Å²) in [5.74, 6) is -2.13. The molecule has 0 atom stereocenters. The van der Waals surface area contributed by atoms with Crippen LogP contribution in [0.5, 0.6) is 0 Å². The second-order valence-corrected chi connectivity index (χ2v) is 11.5. The first-order valence-electron chi connectivity index (χ1n) is 12.3. The summed E-state index contributed by atoms with van der Waals surface area (Å²) in [5.41, 5.74) is 0.383. The highest BCUT2D eigenvalue weighted by Crippen LogP contribution is 2.38. The van der Waals surface area contributed by atoms with E-state index >= 15 is 4.39 Å². The number of hydrogen-bond acceptors (Lipinski definition) is 7. The van der Waals surface area contributed by atoms with Crippen LogP contribution in [0.15, 0.2) is 35.3 Å². The highest BCUT2D eigenvalue weighted by molar-refractivity contribution is 7.23. The van der Waals surface area contributed by atoms with Gasteiger partial charge in [0.2, 0.25) is 11.3 Å². The Morgan fingerprint density at radius 2 is 1.85 bits per heavy atom. The number of nitrogens with one attached hydrogen (secondary N) is 1. The molecular weight excluding hydrogens is 568 g/mol. The molecule has 1 saturated carbocycles. The molecule has 2 aliphatic rings. The van der Waals surface area contributed by atoms with Gasteiger partial charge in [0.05, 0.1) is 32.5 Å². The van der Waals surface area contributed by atoms with Crippen molar-refractivity contribution in [3.63, 3.8) is 0 Å². The quantitative estimate of drug-likeness (QED) is 0.331. The molecular formula is C26H22Cl2FN5O4S. The van der Waals surface area contributed by atoms with Crippen LogP contribution in [0.25, 0.3) is 21.1 Å². The third-order valence-corrected chi connectivity index (χ3v) is 8.78. The molecule has 0 spiro atoms. The highest BCUT2D eigenvalue weighted by atomic mass is 35.5. The lowest BCUT2D eigenvalue weighted by Crippen LogP contribution is -2.49. The van der Waals surface area contributed by atoms with Crippen molar-refractivity contribution in [2.75, 3.05) is 42.9 Å². The number of thiazole rings is 1. The number of aromatic nitrogens is 2. The van der Waals surface area contributed by atoms with Crippen molar-refractivity contribution >= 4 is 78.4 Å². The van der Waals surface area contributed by atoms with Gasteiger partial charge >= 0.3 is 5.97 Å². The van der Waals surface area contributed by atoms with Crippen molar-refractivity contribution in [3.8, 4) is 0 Å². The standard InChI is InChI=1S/C26H22Cl2FN5O4S/c27-16-3-4-17(28)24-22(16)31-26(39-24)30-21(35)12-32-5-7-33(8-6-32)20-10-19-14(9-18(20)29)23(36)15(25(37)38)11-34(19)13-1-2-13/h3-4,9-11,13H,1-2,5-8,12H2,(H,37,38)(H,30,31,35). The molecule has 2 aromatic carbocycles. The number of fused-ring (bicyclic) bond motifs is 2. The summed E-state index contributed by atoms with van der Waals surface area (Å²) in [4.78, 5) is 45.2. The van der Waals surface area contributed by atoms with Crippen molar-refractivity contribution in [3.05, 3.63) is 62.1 Å². The number of amides is 1. The minimum Gasteiger partial charge on any atom is -0.477 e. The van der Waals surface area contributed by atoms with Crippen LogP contribution in [0.2, 0.25) is 10.0 Å². The van der Waals surface area contributed by atoms with Crippen LogP contribution in [0, 0.1) is 5.82 Å². The van der Waals surface area contributed by atoms with Gasteiger partial charge < -0.3 is 19.9 Å². The number of halogens is 3. The van der Waals surface area contributed by atoms with E-state index in [4.69, 9.17) is 23.2 Å². The van der Waals surface area contributed by atoms with Crippen LogP contribution in [0.1, 0.15) is 29.2 Å². The molecule has 6 rings (SSSR count). The number of piperazine rings is 1. The third kappa shape index (κ3) is 4.95. The monoisotopic (exact) mass is 589 g/mol. The van der Waals surface area contributed by atoms with Crippen molar-refractivity contribution in [1.82, 2.24) is 14.5 Å². The van der Waals surface area contributed by atoms with Gasteiger partial charge in [-0.05, 0) is 37.1 Å². The average molecular weight is 590 g/mol. The lowest BCUT2D eigenvalue weighted by atomic mass is 10.1. The fraction of sp³-hybridized carbons (Fsp3) is 0.308. The van der Waals surface area contributed by atoms with Gasteiger partial charge in [-0.15, -0.1) is 0 Å². The van der Waals surface area contributed by atoms with Gasteiger partial charge in [-0.3, -0.25) is 14.5 Å². The minimum atomic E-state index is -1.32. The van der Waals surface area contributed by atoms with Crippen LogP contribution in [0.4, 0.5) is 15.2 Å². The van der Waals surface area contributed by atoms with E-state index in [1.54, 1.807) is 22.8 Å². The summed E-state index contributed by atoms with van der Waals surface area (Å²) in [6.45, 7) is 2.14. The van der Waals surface area contributed by atoms with Gasteiger partial charge in [0, 0.05) is 43.8 Å². The molecule has 4 aromatic rings. The molecule has 1 saturated heterocycles. The Balaban J connectivity index is 1.15. The first-order valence-corrected chi connectivity index (χ1v) is 13.9. The van der Waals surface area contributed by atoms with Crippen molar-refractivity contribution < 1.29 is 19.1 Å². The molecule has 0 bridgehead atoms. The lowest BCUT2D eigenvalue weighted by molar-refractivity contribution is -0.117. The molecule has 2 fully saturated rings. The Bertz CT molecular complexity index is 1670. The first-order chi connectivity index (χ1) is 18.7. The minimum absolute atomic E-state index is 0.0655. The van der Waals surface area contributed by atoms with Crippen LogP contribution in [0.3, 0.4) is 0 Å². The molecule has 0 unspecified atom stereocenters. The molecule has 1 amide bonds. The number of pyridine rings is 1. The van der Waals surface area contributed by atoms with E-state index in [1.807, 2.05) is 9.80 Å². The number of hydrogen-bond donors (Lipinski definition) is 2. The molecule has 2 aromatic heterocycles. The van der Waals surface area contributed by atoms with E-state index in [1.165, 1.54) is 17.5 Å². The van der Waals surface area contributed by atoms with E-state index in [0.29, 0.717) is 62.8 Å². The predicted octanol–water partition coefficient (Wildman–Crippen LogP) is 4.85. The number of carbonyl (C=O) groups excluding carboxylic acids is 1. The first kappa shape index (κ1) is 26.0. The average Bonchev–Trinajstić information content (AvgIpc) is 3.65. The molecule has 1 aliphatic carbocycles. The predicted molar refractivity (Wildman–Crippen MR) is 150 cm³/mol. The Labute approximate surface area is 235 Å². The topological polar surface area (TPSA) is 108 Å². The van der Waals surface area contributed by atoms with Crippen molar-refractivity contribution in [2.24, 2.45) is 0 Å². The lowest BCUT2D eigenvalue weighted by Gasteiger charge is -2.36. The van der Waals surface area contributed by atoms with Crippen LogP contribution in [-0.2, 0) is 4.79 Å². The normalized spacial score (nSPS) is 16.2. The Morgan fingerprint density at radius 1 is 1.13 bits per heavy atom. The fourth-order valence-corrected chi connectivity index (χ4v) is 6.35. The number of benzene rings is 2. The smallest absolute Gasteiger partial charge is 0.341 e. The summed E-state index contributed by atoms with van der Waals surface area (Å²) in [6.07, 6.45) is 3.12. The second kappa shape index (κ2) is 10.1. The van der Waals surface area contributed by atoms with Gasteiger partial charge in [-0.25, -0.2) is 14.2 Å². The van der Waals surface area contributed by atoms with E-state index in [2.05, 4.69) is 10.3 Å². The van der Waals surface area contributed by atoms with Crippen molar-refractivity contribution in [1.29, 1.82) is 0 Å². The van der Waals surface area contributed by atoms with Crippen LogP contribution < -0.4 is 15.6 Å². The Kier molecular flexibility index (Phi) is 6.70. The molecule has 3 heterocycles. The zero-order valence-corrected chi connectivity index (χ0v) is 22.7. The van der Waals surface area contributed by atoms with Gasteiger partial charge in [0.15, 0.2) is 5.13 Å².